The van der Waals surface area contributed by atoms with Gasteiger partial charge in [0.05, 0.1) is 5.39 Å². The van der Waals surface area contributed by atoms with E-state index in [2.05, 4.69) is 6.58 Å². The number of benzene rings is 1. The maximum absolute atomic E-state index is 11.8. The Morgan fingerprint density at radius 3 is 2.88 bits per heavy atom. The van der Waals surface area contributed by atoms with Gasteiger partial charge < -0.3 is 4.42 Å². The normalized spacial score (nSPS) is 10.6. The first-order chi connectivity index (χ1) is 7.66. The molecular weight excluding hydrogens is 200 g/mol. The zero-order valence-corrected chi connectivity index (χ0v) is 9.32. The summed E-state index contributed by atoms with van der Waals surface area (Å²) in [6.45, 7) is 5.81. The predicted molar refractivity (Wildman–Crippen MR) is 65.6 cm³/mol. The van der Waals surface area contributed by atoms with Gasteiger partial charge in [0, 0.05) is 12.5 Å². The molecule has 16 heavy (non-hydrogen) atoms. The van der Waals surface area contributed by atoms with Crippen molar-refractivity contribution in [3.63, 3.8) is 0 Å². The minimum absolute atomic E-state index is 0.0264. The number of fused-ring (bicyclic) bond motifs is 1. The first-order valence-electron chi connectivity index (χ1n) is 5.33. The maximum Gasteiger partial charge on any atom is 0.192 e. The van der Waals surface area contributed by atoms with Crippen LogP contribution >= 0.6 is 0 Å². The molecule has 0 aliphatic heterocycles. The summed E-state index contributed by atoms with van der Waals surface area (Å²) in [5.74, 6) is 0.728. The van der Waals surface area contributed by atoms with Crippen LogP contribution in [0.25, 0.3) is 11.0 Å². The molecule has 1 aromatic heterocycles. The molecule has 0 N–H and O–H groups in total. The molecule has 0 amide bonds. The number of hydrogen-bond donors (Lipinski definition) is 0. The lowest BCUT2D eigenvalue weighted by Gasteiger charge is -2.02. The quantitative estimate of drug-likeness (QED) is 0.734. The highest BCUT2D eigenvalue weighted by atomic mass is 16.3. The van der Waals surface area contributed by atoms with Crippen molar-refractivity contribution in [2.75, 3.05) is 0 Å². The molecule has 0 fully saturated rings. The molecule has 82 valence electrons. The van der Waals surface area contributed by atoms with E-state index in [9.17, 15) is 4.79 Å². The Kier molecular flexibility index (Phi) is 2.91. The third kappa shape index (κ3) is 2.22. The van der Waals surface area contributed by atoms with Crippen LogP contribution in [0.5, 0.6) is 0 Å². The number of aryl methyl sites for hydroxylation is 1. The van der Waals surface area contributed by atoms with Gasteiger partial charge in [-0.1, -0.05) is 17.7 Å². The molecule has 0 aliphatic rings. The molecule has 2 rings (SSSR count). The highest BCUT2D eigenvalue weighted by Crippen LogP contribution is 2.13. The zero-order valence-electron chi connectivity index (χ0n) is 9.32. The first-order valence-corrected chi connectivity index (χ1v) is 5.33. The average Bonchev–Trinajstić information content (AvgIpc) is 2.26. The molecule has 0 unspecified atom stereocenters. The molecule has 0 atom stereocenters. The summed E-state index contributed by atoms with van der Waals surface area (Å²) < 4.78 is 5.65. The largest absolute Gasteiger partial charge is 0.461 e. The topological polar surface area (TPSA) is 30.2 Å². The summed E-state index contributed by atoms with van der Waals surface area (Å²) in [5.41, 5.74) is 1.78. The molecule has 0 bridgehead atoms. The second kappa shape index (κ2) is 4.35. The van der Waals surface area contributed by atoms with E-state index in [1.807, 2.05) is 25.1 Å². The van der Waals surface area contributed by atoms with Crippen molar-refractivity contribution in [3.8, 4) is 0 Å². The van der Waals surface area contributed by atoms with Crippen molar-refractivity contribution in [2.45, 2.75) is 19.8 Å². The van der Waals surface area contributed by atoms with Crippen LogP contribution in [0.1, 0.15) is 19.1 Å². The highest BCUT2D eigenvalue weighted by molar-refractivity contribution is 5.76. The fourth-order valence-corrected chi connectivity index (χ4v) is 1.61. The van der Waals surface area contributed by atoms with Crippen molar-refractivity contribution in [3.05, 3.63) is 58.5 Å². The van der Waals surface area contributed by atoms with Crippen LogP contribution in [-0.4, -0.2) is 0 Å². The lowest BCUT2D eigenvalue weighted by Crippen LogP contribution is -2.02. The van der Waals surface area contributed by atoms with Gasteiger partial charge in [-0.05, 0) is 25.5 Å². The highest BCUT2D eigenvalue weighted by Gasteiger charge is 2.03. The molecule has 0 aliphatic carbocycles. The molecule has 2 heteroatoms. The van der Waals surface area contributed by atoms with Gasteiger partial charge in [0.15, 0.2) is 5.43 Å². The molecule has 0 saturated carbocycles. The Morgan fingerprint density at radius 1 is 1.38 bits per heavy atom. The van der Waals surface area contributed by atoms with Crippen LogP contribution in [0.4, 0.5) is 0 Å². The van der Waals surface area contributed by atoms with E-state index >= 15 is 0 Å². The van der Waals surface area contributed by atoms with E-state index in [0.29, 0.717) is 11.0 Å². The molecule has 0 saturated heterocycles. The summed E-state index contributed by atoms with van der Waals surface area (Å²) in [4.78, 5) is 11.8. The van der Waals surface area contributed by atoms with Gasteiger partial charge in [-0.15, -0.1) is 6.58 Å². The van der Waals surface area contributed by atoms with E-state index in [4.69, 9.17) is 4.42 Å². The van der Waals surface area contributed by atoms with Crippen LogP contribution in [0.15, 0.2) is 51.7 Å². The van der Waals surface area contributed by atoms with Gasteiger partial charge >= 0.3 is 0 Å². The molecule has 0 spiro atoms. The first kappa shape index (κ1) is 10.7. The van der Waals surface area contributed by atoms with E-state index in [0.717, 1.165) is 24.2 Å². The molecule has 1 aromatic carbocycles. The molecular formula is C14H14O2. The Hall–Kier alpha value is -1.83. The summed E-state index contributed by atoms with van der Waals surface area (Å²) in [5, 5.41) is 0.640. The van der Waals surface area contributed by atoms with Crippen molar-refractivity contribution in [2.24, 2.45) is 0 Å². The SMILES string of the molecule is C=C(C)CCc1cc(=O)c2ccccc2o1. The second-order valence-corrected chi connectivity index (χ2v) is 4.03. The Labute approximate surface area is 94.2 Å². The van der Waals surface area contributed by atoms with Crippen LogP contribution in [0.3, 0.4) is 0 Å². The Morgan fingerprint density at radius 2 is 2.12 bits per heavy atom. The molecule has 1 heterocycles. The summed E-state index contributed by atoms with van der Waals surface area (Å²) in [6.07, 6.45) is 1.58. The number of hydrogen-bond acceptors (Lipinski definition) is 2. The predicted octanol–water partition coefficient (Wildman–Crippen LogP) is 3.30. The smallest absolute Gasteiger partial charge is 0.192 e. The minimum atomic E-state index is 0.0264. The van der Waals surface area contributed by atoms with E-state index in [-0.39, 0.29) is 5.43 Å². The number of rotatable bonds is 3. The summed E-state index contributed by atoms with van der Waals surface area (Å²) in [6, 6.07) is 8.89. The second-order valence-electron chi connectivity index (χ2n) is 4.03. The van der Waals surface area contributed by atoms with Crippen LogP contribution in [-0.2, 0) is 6.42 Å². The van der Waals surface area contributed by atoms with E-state index < -0.39 is 0 Å². The Balaban J connectivity index is 2.42. The standard InChI is InChI=1S/C14H14O2/c1-10(2)7-8-11-9-13(15)12-5-3-4-6-14(12)16-11/h3-6,9H,1,7-8H2,2H3. The van der Waals surface area contributed by atoms with Crippen LogP contribution < -0.4 is 5.43 Å². The van der Waals surface area contributed by atoms with Crippen molar-refractivity contribution in [1.82, 2.24) is 0 Å². The number of para-hydroxylation sites is 1. The zero-order chi connectivity index (χ0) is 11.5. The third-order valence-corrected chi connectivity index (χ3v) is 2.48. The fourth-order valence-electron chi connectivity index (χ4n) is 1.61. The number of allylic oxidation sites excluding steroid dienone is 1. The van der Waals surface area contributed by atoms with Crippen molar-refractivity contribution < 1.29 is 4.42 Å². The molecule has 2 aromatic rings. The molecule has 0 radical (unpaired) electrons. The summed E-state index contributed by atoms with van der Waals surface area (Å²) in [7, 11) is 0. The van der Waals surface area contributed by atoms with Crippen molar-refractivity contribution in [1.29, 1.82) is 0 Å². The third-order valence-electron chi connectivity index (χ3n) is 2.48. The van der Waals surface area contributed by atoms with Crippen LogP contribution in [0, 0.1) is 0 Å². The lowest BCUT2D eigenvalue weighted by atomic mass is 10.1. The molecule has 2 nitrogen and oxygen atoms in total. The van der Waals surface area contributed by atoms with Gasteiger partial charge in [-0.3, -0.25) is 4.79 Å². The van der Waals surface area contributed by atoms with Gasteiger partial charge in [0.25, 0.3) is 0 Å². The van der Waals surface area contributed by atoms with Crippen molar-refractivity contribution >= 4 is 11.0 Å². The maximum atomic E-state index is 11.8. The van der Waals surface area contributed by atoms with E-state index in [1.165, 1.54) is 0 Å². The van der Waals surface area contributed by atoms with Crippen LogP contribution in [0.2, 0.25) is 0 Å². The monoisotopic (exact) mass is 214 g/mol. The van der Waals surface area contributed by atoms with Gasteiger partial charge in [-0.25, -0.2) is 0 Å². The fraction of sp³-hybridized carbons (Fsp3) is 0.214. The summed E-state index contributed by atoms with van der Waals surface area (Å²) >= 11 is 0. The minimum Gasteiger partial charge on any atom is -0.461 e. The van der Waals surface area contributed by atoms with Gasteiger partial charge in [0.1, 0.15) is 11.3 Å². The van der Waals surface area contributed by atoms with Gasteiger partial charge in [-0.2, -0.15) is 0 Å². The van der Waals surface area contributed by atoms with Gasteiger partial charge in [0.2, 0.25) is 0 Å². The lowest BCUT2D eigenvalue weighted by molar-refractivity contribution is 0.534. The average molecular weight is 214 g/mol. The Bertz CT molecular complexity index is 579. The van der Waals surface area contributed by atoms with E-state index in [1.54, 1.807) is 12.1 Å².